The summed E-state index contributed by atoms with van der Waals surface area (Å²) in [5, 5.41) is 21.9. The second-order valence-corrected chi connectivity index (χ2v) is 8.35. The number of aliphatic hydroxyl groups is 1. The molecule has 1 saturated heterocycles. The molecule has 180 valence electrons. The minimum absolute atomic E-state index is 0.0840. The van der Waals surface area contributed by atoms with Gasteiger partial charge < -0.3 is 19.7 Å². The van der Waals surface area contributed by atoms with E-state index in [2.05, 4.69) is 0 Å². The van der Waals surface area contributed by atoms with E-state index in [0.717, 1.165) is 0 Å². The van der Waals surface area contributed by atoms with E-state index in [4.69, 9.17) is 21.1 Å². The van der Waals surface area contributed by atoms with E-state index in [0.29, 0.717) is 39.8 Å². The number of nitrogens with zero attached hydrogens (tertiary/aromatic N) is 1. The van der Waals surface area contributed by atoms with E-state index in [9.17, 15) is 19.8 Å². The van der Waals surface area contributed by atoms with Crippen molar-refractivity contribution in [2.75, 3.05) is 18.6 Å². The Hall–Kier alpha value is -3.97. The molecule has 1 heterocycles. The molecule has 1 fully saturated rings. The molecule has 2 N–H and O–H groups in total. The Morgan fingerprint density at radius 2 is 1.83 bits per heavy atom. The predicted octanol–water partition coefficient (Wildman–Crippen LogP) is 5.39. The highest BCUT2D eigenvalue weighted by molar-refractivity contribution is 6.52. The van der Waals surface area contributed by atoms with Crippen molar-refractivity contribution in [1.82, 2.24) is 0 Å². The molecule has 7 nitrogen and oxygen atoms in total. The summed E-state index contributed by atoms with van der Waals surface area (Å²) >= 11 is 6.33. The van der Waals surface area contributed by atoms with Gasteiger partial charge in [-0.3, -0.25) is 14.5 Å². The van der Waals surface area contributed by atoms with E-state index >= 15 is 0 Å². The van der Waals surface area contributed by atoms with Crippen molar-refractivity contribution in [3.8, 4) is 17.2 Å². The highest BCUT2D eigenvalue weighted by Crippen LogP contribution is 2.45. The quantitative estimate of drug-likeness (QED) is 0.271. The molecule has 3 aromatic carbocycles. The standard InChI is InChI=1S/C27H24ClNO6/c1-4-35-22-14-16(11-12-21(22)30)24-23(25(31)17-7-5-8-18(13-17)34-3)26(32)27(33)29(24)20-10-6-9-19(28)15(20)2/h5-14,24,30-31H,4H2,1-3H3/b25-23+. The van der Waals surface area contributed by atoms with E-state index in [1.54, 1.807) is 68.4 Å². The van der Waals surface area contributed by atoms with Gasteiger partial charge in [-0.05, 0) is 61.4 Å². The molecule has 0 saturated carbocycles. The van der Waals surface area contributed by atoms with Crippen LogP contribution < -0.4 is 14.4 Å². The number of hydrogen-bond acceptors (Lipinski definition) is 6. The molecule has 0 spiro atoms. The third-order valence-corrected chi connectivity index (χ3v) is 6.30. The number of hydrogen-bond donors (Lipinski definition) is 2. The molecule has 4 rings (SSSR count). The van der Waals surface area contributed by atoms with Crippen LogP contribution in [0.1, 0.15) is 29.7 Å². The Morgan fingerprint density at radius 1 is 1.09 bits per heavy atom. The van der Waals surface area contributed by atoms with Gasteiger partial charge in [0.25, 0.3) is 11.7 Å². The summed E-state index contributed by atoms with van der Waals surface area (Å²) in [6, 6.07) is 15.2. The average molecular weight is 494 g/mol. The number of aromatic hydroxyl groups is 1. The van der Waals surface area contributed by atoms with Crippen molar-refractivity contribution >= 4 is 34.7 Å². The first kappa shape index (κ1) is 24.2. The summed E-state index contributed by atoms with van der Waals surface area (Å²) in [6.07, 6.45) is 0. The summed E-state index contributed by atoms with van der Waals surface area (Å²) in [5.41, 5.74) is 1.72. The Bertz CT molecular complexity index is 1350. The van der Waals surface area contributed by atoms with Gasteiger partial charge in [-0.25, -0.2) is 0 Å². The number of amides is 1. The van der Waals surface area contributed by atoms with Crippen LogP contribution >= 0.6 is 11.6 Å². The van der Waals surface area contributed by atoms with E-state index in [1.165, 1.54) is 18.1 Å². The van der Waals surface area contributed by atoms with Crippen LogP contribution in [0.25, 0.3) is 5.76 Å². The molecule has 1 aliphatic heterocycles. The number of Topliss-reactive ketones (excluding diaryl/α,β-unsaturated/α-hetero) is 1. The second-order valence-electron chi connectivity index (χ2n) is 7.95. The van der Waals surface area contributed by atoms with Crippen LogP contribution in [0.15, 0.2) is 66.2 Å². The van der Waals surface area contributed by atoms with Gasteiger partial charge in [0.1, 0.15) is 11.5 Å². The van der Waals surface area contributed by atoms with Gasteiger partial charge in [0, 0.05) is 16.3 Å². The molecule has 1 aliphatic rings. The first-order valence-electron chi connectivity index (χ1n) is 10.9. The lowest BCUT2D eigenvalue weighted by atomic mass is 9.94. The van der Waals surface area contributed by atoms with Crippen LogP contribution in [-0.4, -0.2) is 35.6 Å². The number of ketones is 1. The minimum atomic E-state index is -1.00. The molecular formula is C27H24ClNO6. The van der Waals surface area contributed by atoms with Gasteiger partial charge in [-0.1, -0.05) is 35.9 Å². The topological polar surface area (TPSA) is 96.3 Å². The number of halogens is 1. The van der Waals surface area contributed by atoms with Gasteiger partial charge in [0.2, 0.25) is 0 Å². The van der Waals surface area contributed by atoms with Crippen molar-refractivity contribution in [2.24, 2.45) is 0 Å². The molecule has 1 amide bonds. The zero-order valence-corrected chi connectivity index (χ0v) is 20.2. The van der Waals surface area contributed by atoms with Crippen LogP contribution in [0.5, 0.6) is 17.2 Å². The number of rotatable bonds is 6. The summed E-state index contributed by atoms with van der Waals surface area (Å²) in [4.78, 5) is 28.1. The van der Waals surface area contributed by atoms with Crippen LogP contribution in [0, 0.1) is 6.92 Å². The maximum atomic E-state index is 13.4. The number of methoxy groups -OCH3 is 1. The molecule has 35 heavy (non-hydrogen) atoms. The van der Waals surface area contributed by atoms with Gasteiger partial charge in [-0.2, -0.15) is 0 Å². The third-order valence-electron chi connectivity index (χ3n) is 5.89. The molecule has 1 unspecified atom stereocenters. The van der Waals surface area contributed by atoms with E-state index < -0.39 is 17.7 Å². The lowest BCUT2D eigenvalue weighted by molar-refractivity contribution is -0.132. The highest BCUT2D eigenvalue weighted by atomic mass is 35.5. The Balaban J connectivity index is 2.00. The molecule has 3 aromatic rings. The fourth-order valence-electron chi connectivity index (χ4n) is 4.15. The van der Waals surface area contributed by atoms with Gasteiger partial charge in [0.15, 0.2) is 11.5 Å². The van der Waals surface area contributed by atoms with E-state index in [-0.39, 0.29) is 22.8 Å². The first-order chi connectivity index (χ1) is 16.8. The molecule has 0 aromatic heterocycles. The number of aliphatic hydroxyl groups excluding tert-OH is 1. The highest BCUT2D eigenvalue weighted by Gasteiger charge is 2.47. The number of anilines is 1. The van der Waals surface area contributed by atoms with Crippen LogP contribution in [0.3, 0.4) is 0 Å². The molecule has 0 radical (unpaired) electrons. The largest absolute Gasteiger partial charge is 0.507 e. The van der Waals surface area contributed by atoms with Gasteiger partial charge in [-0.15, -0.1) is 0 Å². The van der Waals surface area contributed by atoms with Crippen LogP contribution in [0.2, 0.25) is 5.02 Å². The summed E-state index contributed by atoms with van der Waals surface area (Å²) in [6.45, 7) is 3.82. The predicted molar refractivity (Wildman–Crippen MR) is 133 cm³/mol. The molecule has 8 heteroatoms. The smallest absolute Gasteiger partial charge is 0.300 e. The lowest BCUT2D eigenvalue weighted by Gasteiger charge is -2.27. The van der Waals surface area contributed by atoms with Crippen LogP contribution in [-0.2, 0) is 9.59 Å². The zero-order chi connectivity index (χ0) is 25.3. The van der Waals surface area contributed by atoms with Crippen molar-refractivity contribution in [2.45, 2.75) is 19.9 Å². The fourth-order valence-corrected chi connectivity index (χ4v) is 4.32. The maximum absolute atomic E-state index is 13.4. The van der Waals surface area contributed by atoms with Crippen molar-refractivity contribution in [1.29, 1.82) is 0 Å². The molecule has 0 aliphatic carbocycles. The SMILES string of the molecule is CCOc1cc(C2/C(=C(\O)c3cccc(OC)c3)C(=O)C(=O)N2c2cccc(Cl)c2C)ccc1O. The number of phenols is 1. The van der Waals surface area contributed by atoms with E-state index in [1.807, 2.05) is 0 Å². The third kappa shape index (κ3) is 4.31. The second kappa shape index (κ2) is 9.72. The summed E-state index contributed by atoms with van der Waals surface area (Å²) in [5.74, 6) is -1.41. The summed E-state index contributed by atoms with van der Waals surface area (Å²) < 4.78 is 10.8. The number of benzene rings is 3. The van der Waals surface area contributed by atoms with Crippen molar-refractivity contribution in [3.05, 3.63) is 87.9 Å². The van der Waals surface area contributed by atoms with Gasteiger partial charge >= 0.3 is 0 Å². The number of ether oxygens (including phenoxy) is 2. The minimum Gasteiger partial charge on any atom is -0.507 e. The number of carbonyl (C=O) groups is 2. The molecule has 1 atom stereocenters. The van der Waals surface area contributed by atoms with Gasteiger partial charge in [0.05, 0.1) is 25.3 Å². The maximum Gasteiger partial charge on any atom is 0.300 e. The monoisotopic (exact) mass is 493 g/mol. The first-order valence-corrected chi connectivity index (χ1v) is 11.3. The zero-order valence-electron chi connectivity index (χ0n) is 19.4. The normalized spacial score (nSPS) is 17.0. The average Bonchev–Trinajstić information content (AvgIpc) is 3.12. The van der Waals surface area contributed by atoms with Crippen molar-refractivity contribution < 1.29 is 29.3 Å². The fraction of sp³-hybridized carbons (Fsp3) is 0.185. The van der Waals surface area contributed by atoms with Crippen molar-refractivity contribution in [3.63, 3.8) is 0 Å². The Kier molecular flexibility index (Phi) is 6.71. The Labute approximate surface area is 207 Å². The lowest BCUT2D eigenvalue weighted by Crippen LogP contribution is -2.30. The number of carbonyl (C=O) groups excluding carboxylic acids is 2. The summed E-state index contributed by atoms with van der Waals surface area (Å²) in [7, 11) is 1.49. The van der Waals surface area contributed by atoms with Crippen LogP contribution in [0.4, 0.5) is 5.69 Å². The molecule has 0 bridgehead atoms. The Morgan fingerprint density at radius 3 is 2.54 bits per heavy atom. The number of phenolic OH excluding ortho intramolecular Hbond substituents is 1. The molecular weight excluding hydrogens is 470 g/mol.